The first-order chi connectivity index (χ1) is 8.40. The molecule has 0 aliphatic rings. The minimum Gasteiger partial charge on any atom is -0.396 e. The molecule has 0 saturated carbocycles. The summed E-state index contributed by atoms with van der Waals surface area (Å²) in [4.78, 5) is 0.103. The largest absolute Gasteiger partial charge is 0.396 e. The molecule has 1 aromatic rings. The summed E-state index contributed by atoms with van der Waals surface area (Å²) in [6.45, 7) is 3.49. The molecule has 18 heavy (non-hydrogen) atoms. The normalized spacial score (nSPS) is 13.0. The van der Waals surface area contributed by atoms with Crippen LogP contribution >= 0.6 is 0 Å². The van der Waals surface area contributed by atoms with Crippen LogP contribution in [0.3, 0.4) is 0 Å². The molecule has 1 aromatic carbocycles. The number of aliphatic hydroxyl groups is 1. The molecule has 0 amide bonds. The minimum absolute atomic E-state index is 0.0836. The van der Waals surface area contributed by atoms with Crippen molar-refractivity contribution in [2.75, 3.05) is 13.2 Å². The van der Waals surface area contributed by atoms with Gasteiger partial charge >= 0.3 is 0 Å². The van der Waals surface area contributed by atoms with Crippen LogP contribution in [0.4, 0.5) is 0 Å². The van der Waals surface area contributed by atoms with E-state index in [4.69, 9.17) is 10.4 Å². The Labute approximate surface area is 107 Å². The van der Waals surface area contributed by atoms with Gasteiger partial charge in [0.25, 0.3) is 0 Å². The van der Waals surface area contributed by atoms with E-state index in [0.717, 1.165) is 0 Å². The van der Waals surface area contributed by atoms with Gasteiger partial charge < -0.3 is 5.11 Å². The van der Waals surface area contributed by atoms with E-state index in [1.807, 2.05) is 6.07 Å². The number of sulfonamides is 1. The van der Waals surface area contributed by atoms with Gasteiger partial charge in [-0.2, -0.15) is 5.26 Å². The molecule has 1 unspecified atom stereocenters. The van der Waals surface area contributed by atoms with Crippen molar-refractivity contribution >= 4 is 10.0 Å². The van der Waals surface area contributed by atoms with Gasteiger partial charge in [-0.25, -0.2) is 13.1 Å². The van der Waals surface area contributed by atoms with Crippen molar-refractivity contribution in [2.45, 2.75) is 18.7 Å². The molecule has 0 aliphatic carbocycles. The molecular formula is C12H16N2O3S. The number of rotatable bonds is 5. The van der Waals surface area contributed by atoms with E-state index in [9.17, 15) is 8.42 Å². The highest BCUT2D eigenvalue weighted by molar-refractivity contribution is 7.89. The number of hydrogen-bond donors (Lipinski definition) is 2. The second kappa shape index (κ2) is 5.96. The maximum Gasteiger partial charge on any atom is 0.240 e. The number of nitrogens with zero attached hydrogens (tertiary/aromatic N) is 1. The topological polar surface area (TPSA) is 90.2 Å². The van der Waals surface area contributed by atoms with E-state index < -0.39 is 10.0 Å². The molecule has 1 rings (SSSR count). The fraction of sp³-hybridized carbons (Fsp3) is 0.417. The fourth-order valence-corrected chi connectivity index (χ4v) is 2.79. The maximum atomic E-state index is 12.0. The zero-order valence-electron chi connectivity index (χ0n) is 10.3. The van der Waals surface area contributed by atoms with Crippen molar-refractivity contribution in [3.8, 4) is 6.07 Å². The van der Waals surface area contributed by atoms with Crippen molar-refractivity contribution in [3.63, 3.8) is 0 Å². The highest BCUT2D eigenvalue weighted by Gasteiger charge is 2.18. The summed E-state index contributed by atoms with van der Waals surface area (Å²) in [5.41, 5.74) is 0.884. The van der Waals surface area contributed by atoms with Crippen LogP contribution in [-0.4, -0.2) is 26.7 Å². The Morgan fingerprint density at radius 3 is 2.72 bits per heavy atom. The molecular weight excluding hydrogens is 252 g/mol. The molecule has 1 atom stereocenters. The molecule has 0 aliphatic heterocycles. The van der Waals surface area contributed by atoms with Crippen LogP contribution in [0.25, 0.3) is 0 Å². The lowest BCUT2D eigenvalue weighted by Crippen LogP contribution is -2.30. The predicted molar refractivity (Wildman–Crippen MR) is 67.3 cm³/mol. The Bertz CT molecular complexity index is 561. The monoisotopic (exact) mass is 268 g/mol. The molecule has 0 saturated heterocycles. The lowest BCUT2D eigenvalue weighted by Gasteiger charge is -2.12. The fourth-order valence-electron chi connectivity index (χ4n) is 1.35. The lowest BCUT2D eigenvalue weighted by molar-refractivity contribution is 0.238. The Balaban J connectivity index is 3.02. The van der Waals surface area contributed by atoms with E-state index in [0.29, 0.717) is 11.1 Å². The molecule has 0 aromatic heterocycles. The van der Waals surface area contributed by atoms with Crippen LogP contribution in [0.2, 0.25) is 0 Å². The molecule has 2 N–H and O–H groups in total. The van der Waals surface area contributed by atoms with Gasteiger partial charge in [-0.15, -0.1) is 0 Å². The highest BCUT2D eigenvalue weighted by atomic mass is 32.2. The van der Waals surface area contributed by atoms with E-state index in [-0.39, 0.29) is 24.0 Å². The Kier molecular flexibility index (Phi) is 4.84. The maximum absolute atomic E-state index is 12.0. The smallest absolute Gasteiger partial charge is 0.240 e. The number of hydrogen-bond acceptors (Lipinski definition) is 4. The van der Waals surface area contributed by atoms with E-state index >= 15 is 0 Å². The summed E-state index contributed by atoms with van der Waals surface area (Å²) < 4.78 is 26.5. The molecule has 5 nitrogen and oxygen atoms in total. The van der Waals surface area contributed by atoms with Crippen LogP contribution in [0.15, 0.2) is 23.1 Å². The summed E-state index contributed by atoms with van der Waals surface area (Å²) in [5, 5.41) is 17.6. The summed E-state index contributed by atoms with van der Waals surface area (Å²) in [6.07, 6.45) is 0. The Morgan fingerprint density at radius 1 is 1.50 bits per heavy atom. The van der Waals surface area contributed by atoms with Gasteiger partial charge in [0.15, 0.2) is 0 Å². The second-order valence-electron chi connectivity index (χ2n) is 4.23. The standard InChI is InChI=1S/C12H16N2O3S/c1-9(8-15)7-14-18(16,17)12-5-11(6-13)4-3-10(12)2/h3-5,9,14-15H,7-8H2,1-2H3. The Hall–Kier alpha value is -1.42. The predicted octanol–water partition coefficient (Wildman–Crippen LogP) is 0.773. The summed E-state index contributed by atoms with van der Waals surface area (Å²) in [5.74, 6) is -0.153. The third-order valence-corrected chi connectivity index (χ3v) is 4.11. The SMILES string of the molecule is Cc1ccc(C#N)cc1S(=O)(=O)NCC(C)CO. The van der Waals surface area contributed by atoms with Crippen LogP contribution in [0.1, 0.15) is 18.1 Å². The first-order valence-corrected chi connectivity index (χ1v) is 7.00. The van der Waals surface area contributed by atoms with Gasteiger partial charge in [0.05, 0.1) is 16.5 Å². The van der Waals surface area contributed by atoms with Gasteiger partial charge in [-0.1, -0.05) is 13.0 Å². The van der Waals surface area contributed by atoms with Gasteiger partial charge in [0, 0.05) is 13.2 Å². The molecule has 6 heteroatoms. The molecule has 0 heterocycles. The molecule has 0 bridgehead atoms. The van der Waals surface area contributed by atoms with Crippen molar-refractivity contribution in [1.82, 2.24) is 4.72 Å². The van der Waals surface area contributed by atoms with E-state index in [2.05, 4.69) is 4.72 Å². The number of aliphatic hydroxyl groups excluding tert-OH is 1. The average Bonchev–Trinajstić information content (AvgIpc) is 2.36. The first-order valence-electron chi connectivity index (χ1n) is 5.52. The van der Waals surface area contributed by atoms with Crippen molar-refractivity contribution < 1.29 is 13.5 Å². The summed E-state index contributed by atoms with van der Waals surface area (Å²) in [6, 6.07) is 6.43. The zero-order chi connectivity index (χ0) is 13.8. The Morgan fingerprint density at radius 2 is 2.17 bits per heavy atom. The van der Waals surface area contributed by atoms with Crippen LogP contribution < -0.4 is 4.72 Å². The second-order valence-corrected chi connectivity index (χ2v) is 5.97. The van der Waals surface area contributed by atoms with Gasteiger partial charge in [-0.3, -0.25) is 0 Å². The lowest BCUT2D eigenvalue weighted by atomic mass is 10.2. The van der Waals surface area contributed by atoms with Gasteiger partial charge in [0.1, 0.15) is 0 Å². The minimum atomic E-state index is -3.64. The van der Waals surface area contributed by atoms with Crippen molar-refractivity contribution in [1.29, 1.82) is 5.26 Å². The van der Waals surface area contributed by atoms with Gasteiger partial charge in [-0.05, 0) is 30.5 Å². The van der Waals surface area contributed by atoms with Crippen molar-refractivity contribution in [2.24, 2.45) is 5.92 Å². The zero-order valence-corrected chi connectivity index (χ0v) is 11.2. The quantitative estimate of drug-likeness (QED) is 0.825. The number of nitriles is 1. The molecule has 98 valence electrons. The molecule has 0 spiro atoms. The summed E-state index contributed by atoms with van der Waals surface area (Å²) >= 11 is 0. The summed E-state index contributed by atoms with van der Waals surface area (Å²) in [7, 11) is -3.64. The number of aryl methyl sites for hydroxylation is 1. The number of benzene rings is 1. The third-order valence-electron chi connectivity index (χ3n) is 2.54. The van der Waals surface area contributed by atoms with Crippen LogP contribution in [-0.2, 0) is 10.0 Å². The highest BCUT2D eigenvalue weighted by Crippen LogP contribution is 2.16. The third kappa shape index (κ3) is 3.53. The molecule has 0 radical (unpaired) electrons. The van der Waals surface area contributed by atoms with Gasteiger partial charge in [0.2, 0.25) is 10.0 Å². The van der Waals surface area contributed by atoms with Crippen molar-refractivity contribution in [3.05, 3.63) is 29.3 Å². The van der Waals surface area contributed by atoms with Crippen LogP contribution in [0, 0.1) is 24.2 Å². The van der Waals surface area contributed by atoms with Crippen LogP contribution in [0.5, 0.6) is 0 Å². The first kappa shape index (κ1) is 14.6. The molecule has 0 fully saturated rings. The van der Waals surface area contributed by atoms with E-state index in [1.165, 1.54) is 6.07 Å². The van der Waals surface area contributed by atoms with E-state index in [1.54, 1.807) is 26.0 Å². The average molecular weight is 268 g/mol. The number of nitrogens with one attached hydrogen (secondary N) is 1.